The topological polar surface area (TPSA) is 35.5 Å². The van der Waals surface area contributed by atoms with Crippen molar-refractivity contribution in [2.24, 2.45) is 0 Å². The number of benzene rings is 1. The molecule has 1 rings (SSSR count). The van der Waals surface area contributed by atoms with Crippen LogP contribution >= 0.6 is 0 Å². The number of aliphatic hydroxyl groups excluding tert-OH is 1. The molecule has 108 valence electrons. The van der Waals surface area contributed by atoms with Crippen LogP contribution in [-0.2, 0) is 0 Å². The second-order valence-electron chi connectivity index (χ2n) is 4.87. The van der Waals surface area contributed by atoms with Crippen molar-refractivity contribution in [2.45, 2.75) is 32.7 Å². The van der Waals surface area contributed by atoms with E-state index in [1.165, 1.54) is 5.56 Å². The van der Waals surface area contributed by atoms with Crippen LogP contribution in [0.1, 0.15) is 38.3 Å². The molecule has 3 nitrogen and oxygen atoms in total. The highest BCUT2D eigenvalue weighted by Gasteiger charge is 2.12. The number of nitrogens with one attached hydrogen (secondary N) is 1. The van der Waals surface area contributed by atoms with Gasteiger partial charge in [0.2, 0.25) is 0 Å². The molecular weight excluding hydrogens is 236 g/mol. The second-order valence-corrected chi connectivity index (χ2v) is 4.87. The Labute approximate surface area is 117 Å². The van der Waals surface area contributed by atoms with Crippen LogP contribution in [0.3, 0.4) is 0 Å². The average Bonchev–Trinajstić information content (AvgIpc) is 2.44. The SMILES string of the molecule is CCCN(CCO)CCC(NCC)c1ccccc1. The third-order valence-corrected chi connectivity index (χ3v) is 3.34. The number of hydrogen-bond acceptors (Lipinski definition) is 3. The Morgan fingerprint density at radius 3 is 2.42 bits per heavy atom. The van der Waals surface area contributed by atoms with Crippen molar-refractivity contribution < 1.29 is 5.11 Å². The predicted octanol–water partition coefficient (Wildman–Crippen LogP) is 2.43. The van der Waals surface area contributed by atoms with Gasteiger partial charge in [-0.15, -0.1) is 0 Å². The van der Waals surface area contributed by atoms with Gasteiger partial charge < -0.3 is 15.3 Å². The maximum Gasteiger partial charge on any atom is 0.0558 e. The molecule has 1 unspecified atom stereocenters. The third kappa shape index (κ3) is 6.19. The molecule has 0 saturated carbocycles. The smallest absolute Gasteiger partial charge is 0.0558 e. The summed E-state index contributed by atoms with van der Waals surface area (Å²) in [5, 5.41) is 12.6. The molecule has 0 saturated heterocycles. The number of hydrogen-bond donors (Lipinski definition) is 2. The lowest BCUT2D eigenvalue weighted by atomic mass is 10.0. The lowest BCUT2D eigenvalue weighted by molar-refractivity contribution is 0.189. The van der Waals surface area contributed by atoms with E-state index in [4.69, 9.17) is 5.11 Å². The fraction of sp³-hybridized carbons (Fsp3) is 0.625. The van der Waals surface area contributed by atoms with Gasteiger partial charge in [-0.1, -0.05) is 44.2 Å². The van der Waals surface area contributed by atoms with Gasteiger partial charge in [0.15, 0.2) is 0 Å². The zero-order valence-corrected chi connectivity index (χ0v) is 12.3. The minimum Gasteiger partial charge on any atom is -0.395 e. The van der Waals surface area contributed by atoms with Gasteiger partial charge in [0.05, 0.1) is 6.61 Å². The molecule has 0 fully saturated rings. The summed E-state index contributed by atoms with van der Waals surface area (Å²) < 4.78 is 0. The van der Waals surface area contributed by atoms with Gasteiger partial charge in [-0.05, 0) is 31.5 Å². The van der Waals surface area contributed by atoms with Crippen molar-refractivity contribution in [3.63, 3.8) is 0 Å². The fourth-order valence-electron chi connectivity index (χ4n) is 2.42. The Hall–Kier alpha value is -0.900. The first kappa shape index (κ1) is 16.2. The van der Waals surface area contributed by atoms with E-state index in [0.717, 1.165) is 39.0 Å². The van der Waals surface area contributed by atoms with E-state index in [0.29, 0.717) is 6.04 Å². The van der Waals surface area contributed by atoms with E-state index >= 15 is 0 Å². The molecule has 0 aliphatic rings. The number of aliphatic hydroxyl groups is 1. The first-order valence-corrected chi connectivity index (χ1v) is 7.43. The van der Waals surface area contributed by atoms with Crippen molar-refractivity contribution in [1.29, 1.82) is 0 Å². The van der Waals surface area contributed by atoms with Crippen LogP contribution in [0.2, 0.25) is 0 Å². The maximum atomic E-state index is 9.09. The molecule has 0 aliphatic heterocycles. The highest BCUT2D eigenvalue weighted by atomic mass is 16.3. The minimum atomic E-state index is 0.247. The largest absolute Gasteiger partial charge is 0.395 e. The normalized spacial score (nSPS) is 12.8. The molecule has 0 bridgehead atoms. The van der Waals surface area contributed by atoms with E-state index in [1.807, 2.05) is 0 Å². The lowest BCUT2D eigenvalue weighted by Gasteiger charge is -2.25. The van der Waals surface area contributed by atoms with Crippen LogP contribution in [0.5, 0.6) is 0 Å². The first-order chi connectivity index (χ1) is 9.31. The Balaban J connectivity index is 2.53. The maximum absolute atomic E-state index is 9.09. The molecule has 1 aromatic carbocycles. The van der Waals surface area contributed by atoms with Crippen molar-refractivity contribution in [1.82, 2.24) is 10.2 Å². The van der Waals surface area contributed by atoms with Crippen LogP contribution in [0.15, 0.2) is 30.3 Å². The van der Waals surface area contributed by atoms with E-state index in [9.17, 15) is 0 Å². The Morgan fingerprint density at radius 1 is 1.11 bits per heavy atom. The highest BCUT2D eigenvalue weighted by Crippen LogP contribution is 2.16. The van der Waals surface area contributed by atoms with E-state index in [2.05, 4.69) is 54.4 Å². The van der Waals surface area contributed by atoms with Gasteiger partial charge in [0.25, 0.3) is 0 Å². The second kappa shape index (κ2) is 9.96. The molecule has 3 heteroatoms. The van der Waals surface area contributed by atoms with Gasteiger partial charge in [-0.2, -0.15) is 0 Å². The first-order valence-electron chi connectivity index (χ1n) is 7.43. The molecular formula is C16H28N2O. The number of nitrogens with zero attached hydrogens (tertiary/aromatic N) is 1. The quantitative estimate of drug-likeness (QED) is 0.681. The summed E-state index contributed by atoms with van der Waals surface area (Å²) in [7, 11) is 0. The summed E-state index contributed by atoms with van der Waals surface area (Å²) in [6.45, 7) is 8.43. The van der Waals surface area contributed by atoms with Gasteiger partial charge in [0.1, 0.15) is 0 Å². The van der Waals surface area contributed by atoms with Crippen LogP contribution in [0.25, 0.3) is 0 Å². The van der Waals surface area contributed by atoms with Crippen molar-refractivity contribution in [3.8, 4) is 0 Å². The van der Waals surface area contributed by atoms with Crippen LogP contribution in [0, 0.1) is 0 Å². The summed E-state index contributed by atoms with van der Waals surface area (Å²) in [4.78, 5) is 2.34. The molecule has 19 heavy (non-hydrogen) atoms. The molecule has 0 amide bonds. The molecule has 0 aromatic heterocycles. The standard InChI is InChI=1S/C16H28N2O/c1-3-11-18(13-14-19)12-10-16(17-4-2)15-8-6-5-7-9-15/h5-9,16-17,19H,3-4,10-14H2,1-2H3. The van der Waals surface area contributed by atoms with Crippen LogP contribution in [-0.4, -0.2) is 42.8 Å². The van der Waals surface area contributed by atoms with E-state index < -0.39 is 0 Å². The van der Waals surface area contributed by atoms with Crippen LogP contribution < -0.4 is 5.32 Å². The highest BCUT2D eigenvalue weighted by molar-refractivity contribution is 5.18. The van der Waals surface area contributed by atoms with Gasteiger partial charge in [-0.3, -0.25) is 0 Å². The Morgan fingerprint density at radius 2 is 1.84 bits per heavy atom. The Bertz CT molecular complexity index is 310. The van der Waals surface area contributed by atoms with Crippen LogP contribution in [0.4, 0.5) is 0 Å². The predicted molar refractivity (Wildman–Crippen MR) is 81.3 cm³/mol. The fourth-order valence-corrected chi connectivity index (χ4v) is 2.42. The molecule has 1 atom stereocenters. The minimum absolute atomic E-state index is 0.247. The summed E-state index contributed by atoms with van der Waals surface area (Å²) in [6, 6.07) is 11.0. The molecule has 0 heterocycles. The monoisotopic (exact) mass is 264 g/mol. The molecule has 0 aliphatic carbocycles. The zero-order valence-electron chi connectivity index (χ0n) is 12.3. The van der Waals surface area contributed by atoms with E-state index in [-0.39, 0.29) is 6.61 Å². The number of rotatable bonds is 10. The van der Waals surface area contributed by atoms with Crippen molar-refractivity contribution >= 4 is 0 Å². The lowest BCUT2D eigenvalue weighted by Crippen LogP contribution is -2.32. The molecule has 0 spiro atoms. The Kier molecular flexibility index (Phi) is 8.47. The molecule has 1 aromatic rings. The summed E-state index contributed by atoms with van der Waals surface area (Å²) in [5.41, 5.74) is 1.35. The molecule has 0 radical (unpaired) electrons. The van der Waals surface area contributed by atoms with Gasteiger partial charge in [-0.25, -0.2) is 0 Å². The van der Waals surface area contributed by atoms with Crippen molar-refractivity contribution in [2.75, 3.05) is 32.8 Å². The third-order valence-electron chi connectivity index (χ3n) is 3.34. The van der Waals surface area contributed by atoms with Crippen molar-refractivity contribution in [3.05, 3.63) is 35.9 Å². The molecule has 2 N–H and O–H groups in total. The zero-order chi connectivity index (χ0) is 13.9. The summed E-state index contributed by atoms with van der Waals surface area (Å²) in [6.07, 6.45) is 2.22. The van der Waals surface area contributed by atoms with Gasteiger partial charge in [0, 0.05) is 19.1 Å². The summed E-state index contributed by atoms with van der Waals surface area (Å²) in [5.74, 6) is 0. The average molecular weight is 264 g/mol. The van der Waals surface area contributed by atoms with E-state index in [1.54, 1.807) is 0 Å². The van der Waals surface area contributed by atoms with Gasteiger partial charge >= 0.3 is 0 Å². The summed E-state index contributed by atoms with van der Waals surface area (Å²) >= 11 is 0.